The van der Waals surface area contributed by atoms with E-state index in [-0.39, 0.29) is 63.1 Å². The third-order valence-electron chi connectivity index (χ3n) is 3.94. The largest absolute Gasteiger partial charge is 0.394 e. The van der Waals surface area contributed by atoms with Gasteiger partial charge in [0.15, 0.2) is 11.6 Å². The molecule has 0 aliphatic rings. The van der Waals surface area contributed by atoms with E-state index in [9.17, 15) is 18.0 Å². The number of amides is 1. The molecule has 2 aromatic rings. The molecule has 0 aliphatic carbocycles. The van der Waals surface area contributed by atoms with Crippen molar-refractivity contribution < 1.29 is 42.5 Å². The highest BCUT2D eigenvalue weighted by Crippen LogP contribution is 2.31. The Morgan fingerprint density at radius 2 is 1.69 bits per heavy atom. The first kappa shape index (κ1) is 26.3. The van der Waals surface area contributed by atoms with E-state index in [1.54, 1.807) is 6.07 Å². The van der Waals surface area contributed by atoms with Crippen LogP contribution in [0.3, 0.4) is 0 Å². The van der Waals surface area contributed by atoms with Gasteiger partial charge in [-0.2, -0.15) is 0 Å². The molecule has 4 N–H and O–H groups in total. The maximum atomic E-state index is 14.9. The molecule has 12 heteroatoms. The van der Waals surface area contributed by atoms with E-state index in [4.69, 9.17) is 24.5 Å². The van der Waals surface area contributed by atoms with E-state index in [0.29, 0.717) is 3.57 Å². The SMILES string of the molecule is O=C(NOCCO)c1cc(COCCOCCO)c(F)c(F)c1Nc1ccc(I)cc1F. The quantitative estimate of drug-likeness (QED) is 0.167. The van der Waals surface area contributed by atoms with Crippen LogP contribution in [0.2, 0.25) is 0 Å². The average Bonchev–Trinajstić information content (AvgIpc) is 2.76. The molecule has 0 aliphatic heterocycles. The number of hydrogen-bond acceptors (Lipinski definition) is 7. The maximum absolute atomic E-state index is 14.9. The molecule has 1 amide bonds. The second-order valence-electron chi connectivity index (χ2n) is 6.23. The Morgan fingerprint density at radius 1 is 0.969 bits per heavy atom. The highest BCUT2D eigenvalue weighted by molar-refractivity contribution is 14.1. The van der Waals surface area contributed by atoms with Crippen molar-refractivity contribution in [1.29, 1.82) is 0 Å². The van der Waals surface area contributed by atoms with Gasteiger partial charge in [0.1, 0.15) is 5.82 Å². The molecule has 0 aromatic heterocycles. The minimum absolute atomic E-state index is 0.0378. The van der Waals surface area contributed by atoms with Crippen molar-refractivity contribution in [3.63, 3.8) is 0 Å². The highest BCUT2D eigenvalue weighted by Gasteiger charge is 2.24. The zero-order valence-electron chi connectivity index (χ0n) is 16.8. The second kappa shape index (κ2) is 13.5. The summed E-state index contributed by atoms with van der Waals surface area (Å²) in [5.74, 6) is -4.36. The summed E-state index contributed by atoms with van der Waals surface area (Å²) in [5.41, 5.74) is 0.620. The number of anilines is 2. The van der Waals surface area contributed by atoms with Gasteiger partial charge >= 0.3 is 0 Å². The molecule has 0 bridgehead atoms. The van der Waals surface area contributed by atoms with Crippen LogP contribution in [-0.2, 0) is 20.9 Å². The lowest BCUT2D eigenvalue weighted by Crippen LogP contribution is -2.26. The minimum atomic E-state index is -1.41. The van der Waals surface area contributed by atoms with Gasteiger partial charge < -0.3 is 25.0 Å². The fourth-order valence-corrected chi connectivity index (χ4v) is 2.95. The van der Waals surface area contributed by atoms with Crippen molar-refractivity contribution >= 4 is 39.9 Å². The lowest BCUT2D eigenvalue weighted by Gasteiger charge is -2.17. The Morgan fingerprint density at radius 3 is 2.38 bits per heavy atom. The van der Waals surface area contributed by atoms with Gasteiger partial charge in [0.25, 0.3) is 5.91 Å². The Bertz CT molecular complexity index is 919. The summed E-state index contributed by atoms with van der Waals surface area (Å²) in [6, 6.07) is 5.10. The fraction of sp³-hybridized carbons (Fsp3) is 0.350. The fourth-order valence-electron chi connectivity index (χ4n) is 2.49. The van der Waals surface area contributed by atoms with Crippen molar-refractivity contribution in [2.45, 2.75) is 6.61 Å². The normalized spacial score (nSPS) is 10.9. The van der Waals surface area contributed by atoms with Crippen molar-refractivity contribution in [1.82, 2.24) is 5.48 Å². The Labute approximate surface area is 195 Å². The van der Waals surface area contributed by atoms with Gasteiger partial charge in [-0.05, 0) is 46.9 Å². The van der Waals surface area contributed by atoms with Crippen LogP contribution in [0, 0.1) is 21.0 Å². The van der Waals surface area contributed by atoms with E-state index in [2.05, 4.69) is 5.32 Å². The van der Waals surface area contributed by atoms with Gasteiger partial charge in [-0.25, -0.2) is 18.7 Å². The number of hydroxylamine groups is 1. The summed E-state index contributed by atoms with van der Waals surface area (Å²) in [7, 11) is 0. The molecule has 0 atom stereocenters. The summed E-state index contributed by atoms with van der Waals surface area (Å²) in [6.07, 6.45) is 0. The van der Waals surface area contributed by atoms with Crippen molar-refractivity contribution in [3.05, 3.63) is 56.4 Å². The number of carbonyl (C=O) groups excluding carboxylic acids is 1. The topological polar surface area (TPSA) is 109 Å². The minimum Gasteiger partial charge on any atom is -0.394 e. The number of halogens is 4. The van der Waals surface area contributed by atoms with E-state index in [1.807, 2.05) is 28.1 Å². The number of aliphatic hydroxyl groups excluding tert-OH is 2. The van der Waals surface area contributed by atoms with E-state index in [0.717, 1.165) is 6.07 Å². The molecular weight excluding hydrogens is 548 g/mol. The average molecular weight is 570 g/mol. The number of hydrogen-bond donors (Lipinski definition) is 4. The summed E-state index contributed by atoms with van der Waals surface area (Å²) in [6.45, 7) is -0.871. The standard InChI is InChI=1S/C20H22F3IN2O6/c21-15-10-13(24)1-2-16(15)25-19-14(20(29)26-32-6-4-28)9-12(17(22)18(19)23)11-31-8-7-30-5-3-27/h1-2,9-10,25,27-28H,3-8,11H2,(H,26,29). The molecule has 8 nitrogen and oxygen atoms in total. The van der Waals surface area contributed by atoms with E-state index in [1.165, 1.54) is 12.1 Å². The second-order valence-corrected chi connectivity index (χ2v) is 7.47. The molecule has 0 fully saturated rings. The zero-order valence-corrected chi connectivity index (χ0v) is 19.0. The monoisotopic (exact) mass is 570 g/mol. The summed E-state index contributed by atoms with van der Waals surface area (Å²) < 4.78 is 54.6. The van der Waals surface area contributed by atoms with Gasteiger partial charge in [0.2, 0.25) is 0 Å². The van der Waals surface area contributed by atoms with Crippen LogP contribution >= 0.6 is 22.6 Å². The molecule has 2 rings (SSSR count). The Kier molecular flexibility index (Phi) is 11.1. The van der Waals surface area contributed by atoms with E-state index < -0.39 is 29.0 Å². The molecule has 2 aromatic carbocycles. The first-order valence-corrected chi connectivity index (χ1v) is 10.5. The molecule has 0 radical (unpaired) electrons. The highest BCUT2D eigenvalue weighted by atomic mass is 127. The molecule has 0 saturated carbocycles. The first-order chi connectivity index (χ1) is 15.4. The maximum Gasteiger partial charge on any atom is 0.277 e. The molecule has 32 heavy (non-hydrogen) atoms. The molecule has 0 heterocycles. The van der Waals surface area contributed by atoms with Crippen LogP contribution in [0.4, 0.5) is 24.5 Å². The number of carbonyl (C=O) groups is 1. The first-order valence-electron chi connectivity index (χ1n) is 9.41. The predicted molar refractivity (Wildman–Crippen MR) is 117 cm³/mol. The van der Waals surface area contributed by atoms with Gasteiger partial charge in [-0.15, -0.1) is 0 Å². The summed E-state index contributed by atoms with van der Waals surface area (Å²) in [5, 5.41) is 19.8. The predicted octanol–water partition coefficient (Wildman–Crippen LogP) is 2.63. The number of nitrogens with one attached hydrogen (secondary N) is 2. The molecule has 0 spiro atoms. The lowest BCUT2D eigenvalue weighted by molar-refractivity contribution is 0.0167. The molecule has 0 saturated heterocycles. The van der Waals surface area contributed by atoms with Crippen molar-refractivity contribution in [3.8, 4) is 0 Å². The third kappa shape index (κ3) is 7.56. The molecule has 0 unspecified atom stereocenters. The van der Waals surface area contributed by atoms with Crippen molar-refractivity contribution in [2.24, 2.45) is 0 Å². The third-order valence-corrected chi connectivity index (χ3v) is 4.61. The van der Waals surface area contributed by atoms with Crippen LogP contribution in [0.1, 0.15) is 15.9 Å². The number of rotatable bonds is 13. The Balaban J connectivity index is 2.31. The van der Waals surface area contributed by atoms with Gasteiger partial charge in [-0.3, -0.25) is 9.63 Å². The smallest absolute Gasteiger partial charge is 0.277 e. The van der Waals surface area contributed by atoms with Crippen LogP contribution < -0.4 is 10.8 Å². The summed E-state index contributed by atoms with van der Waals surface area (Å²) in [4.78, 5) is 17.3. The zero-order chi connectivity index (χ0) is 23.5. The number of benzene rings is 2. The number of aliphatic hydroxyl groups is 2. The van der Waals surface area contributed by atoms with Gasteiger partial charge in [0, 0.05) is 9.13 Å². The number of ether oxygens (including phenoxy) is 2. The molecular formula is C20H22F3IN2O6. The lowest BCUT2D eigenvalue weighted by atomic mass is 10.1. The Hall–Kier alpha value is -1.97. The van der Waals surface area contributed by atoms with Crippen LogP contribution in [0.15, 0.2) is 24.3 Å². The van der Waals surface area contributed by atoms with Gasteiger partial charge in [-0.1, -0.05) is 0 Å². The molecule has 176 valence electrons. The van der Waals surface area contributed by atoms with E-state index >= 15 is 0 Å². The van der Waals surface area contributed by atoms with Crippen molar-refractivity contribution in [2.75, 3.05) is 45.0 Å². The van der Waals surface area contributed by atoms with Gasteiger partial charge in [0.05, 0.1) is 63.2 Å². The van der Waals surface area contributed by atoms with Crippen LogP contribution in [0.5, 0.6) is 0 Å². The van der Waals surface area contributed by atoms with Crippen LogP contribution in [-0.4, -0.2) is 55.8 Å². The summed E-state index contributed by atoms with van der Waals surface area (Å²) >= 11 is 1.89. The van der Waals surface area contributed by atoms with Crippen LogP contribution in [0.25, 0.3) is 0 Å².